The molecule has 0 radical (unpaired) electrons. The third kappa shape index (κ3) is 7.54. The van der Waals surface area contributed by atoms with E-state index < -0.39 is 16.1 Å². The monoisotopic (exact) mass is 1010 g/mol. The molecule has 2 heterocycles. The Hall–Kier alpha value is -8.69. The van der Waals surface area contributed by atoms with Crippen molar-refractivity contribution >= 4 is 137 Å². The molecule has 0 fully saturated rings. The molecule has 0 saturated heterocycles. The molecule has 2 aromatic heterocycles. The maximum Gasteiger partial charge on any atom is 0.159 e. The van der Waals surface area contributed by atoms with E-state index in [0.717, 1.165) is 88.8 Å². The third-order valence-electron chi connectivity index (χ3n) is 15.8. The van der Waals surface area contributed by atoms with Gasteiger partial charge in [-0.15, -0.1) is 0 Å². The smallest absolute Gasteiger partial charge is 0.159 e. The van der Waals surface area contributed by atoms with Gasteiger partial charge in [0.05, 0.1) is 38.9 Å². The molecule has 0 atom stereocenters. The van der Waals surface area contributed by atoms with Crippen LogP contribution in [0.2, 0.25) is 39.3 Å². The molecule has 0 bridgehead atoms. The van der Waals surface area contributed by atoms with Crippen LogP contribution in [0.3, 0.4) is 0 Å². The van der Waals surface area contributed by atoms with Crippen LogP contribution in [0.25, 0.3) is 98.4 Å². The van der Waals surface area contributed by atoms with Gasteiger partial charge in [0.15, 0.2) is 11.2 Å². The maximum absolute atomic E-state index is 6.84. The van der Waals surface area contributed by atoms with Crippen LogP contribution in [0.1, 0.15) is 0 Å². The van der Waals surface area contributed by atoms with Gasteiger partial charge in [0, 0.05) is 43.7 Å². The molecular formula is C70H56N2O2Si2. The zero-order valence-corrected chi connectivity index (χ0v) is 45.7. The first-order chi connectivity index (χ1) is 36.9. The molecule has 14 aromatic rings. The Labute approximate surface area is 445 Å². The van der Waals surface area contributed by atoms with E-state index in [4.69, 9.17) is 8.83 Å². The molecule has 0 aliphatic heterocycles. The summed E-state index contributed by atoms with van der Waals surface area (Å²) in [5.74, 6) is 0. The second kappa shape index (κ2) is 17.5. The van der Waals surface area contributed by atoms with Crippen molar-refractivity contribution in [3.63, 3.8) is 0 Å². The first-order valence-electron chi connectivity index (χ1n) is 26.5. The van der Waals surface area contributed by atoms with E-state index in [-0.39, 0.29) is 0 Å². The van der Waals surface area contributed by atoms with Gasteiger partial charge in [0.2, 0.25) is 0 Å². The molecule has 76 heavy (non-hydrogen) atoms. The zero-order chi connectivity index (χ0) is 51.5. The van der Waals surface area contributed by atoms with E-state index in [0.29, 0.717) is 0 Å². The summed E-state index contributed by atoms with van der Waals surface area (Å²) in [5, 5.41) is 14.4. The Morgan fingerprint density at radius 2 is 0.618 bits per heavy atom. The lowest BCUT2D eigenvalue weighted by atomic mass is 9.91. The number of nitrogens with zero attached hydrogens (tertiary/aromatic N) is 2. The van der Waals surface area contributed by atoms with E-state index in [9.17, 15) is 0 Å². The van der Waals surface area contributed by atoms with Gasteiger partial charge in [0.25, 0.3) is 0 Å². The van der Waals surface area contributed by atoms with Crippen LogP contribution in [-0.4, -0.2) is 16.1 Å². The molecule has 0 aliphatic carbocycles. The van der Waals surface area contributed by atoms with Gasteiger partial charge in [0.1, 0.15) is 11.2 Å². The van der Waals surface area contributed by atoms with Crippen molar-refractivity contribution in [3.05, 3.63) is 231 Å². The van der Waals surface area contributed by atoms with E-state index in [1.54, 1.807) is 0 Å². The number of furan rings is 2. The van der Waals surface area contributed by atoms with Crippen molar-refractivity contribution < 1.29 is 8.83 Å². The standard InChI is InChI=1S/C70H56N2O2Si2/c1-75(2,3)53-37-25-47(26-38-53)45-21-33-51(34-22-45)71(63-17-11-15-57-55-13-7-9-19-65(55)73-69(57)63)61-43-31-49-30-42-60-62(44-32-50-29-41-59(61)67(49)68(50)60)72(64-18-12-16-58-56-14-8-10-20-66(56)74-70(58)64)52-35-23-46(24-36-52)48-27-39-54(40-28-48)76(4,5)6/h7-44H,1-6H3. The topological polar surface area (TPSA) is 32.8 Å². The molecule has 12 aromatic carbocycles. The van der Waals surface area contributed by atoms with Crippen molar-refractivity contribution in [2.45, 2.75) is 39.3 Å². The fourth-order valence-electron chi connectivity index (χ4n) is 11.7. The Morgan fingerprint density at radius 1 is 0.276 bits per heavy atom. The van der Waals surface area contributed by atoms with Crippen molar-refractivity contribution in [2.24, 2.45) is 0 Å². The summed E-state index contributed by atoms with van der Waals surface area (Å²) in [4.78, 5) is 4.81. The summed E-state index contributed by atoms with van der Waals surface area (Å²) < 4.78 is 13.7. The Balaban J connectivity index is 0.966. The molecule has 0 aliphatic rings. The fraction of sp³-hybridized carbons (Fsp3) is 0.0857. The van der Waals surface area contributed by atoms with Gasteiger partial charge >= 0.3 is 0 Å². The van der Waals surface area contributed by atoms with Gasteiger partial charge in [-0.25, -0.2) is 0 Å². The normalized spacial score (nSPS) is 12.3. The SMILES string of the molecule is C[Si](C)(C)c1ccc(-c2ccc(N(c3ccc4ccc5c(N(c6ccc(-c7ccc([Si](C)(C)C)cc7)cc6)c6cccc7c6oc6ccccc67)ccc6ccc3c4c65)c3cccc4c3oc3ccccc34)cc2)cc1. The molecule has 6 heteroatoms. The van der Waals surface area contributed by atoms with Crippen molar-refractivity contribution in [1.82, 2.24) is 0 Å². The molecule has 4 nitrogen and oxygen atoms in total. The Kier molecular flexibility index (Phi) is 10.5. The second-order valence-corrected chi connectivity index (χ2v) is 32.7. The molecule has 0 unspecified atom stereocenters. The number of para-hydroxylation sites is 4. The van der Waals surface area contributed by atoms with Crippen molar-refractivity contribution in [3.8, 4) is 22.3 Å². The number of rotatable bonds is 10. The minimum Gasteiger partial charge on any atom is -0.454 e. The predicted octanol–water partition coefficient (Wildman–Crippen LogP) is 19.7. The predicted molar refractivity (Wildman–Crippen MR) is 331 cm³/mol. The summed E-state index contributed by atoms with van der Waals surface area (Å²) in [6.45, 7) is 14.4. The number of benzene rings is 12. The second-order valence-electron chi connectivity index (χ2n) is 22.5. The van der Waals surface area contributed by atoms with Gasteiger partial charge in [-0.05, 0) is 104 Å². The number of fused-ring (bicyclic) bond motifs is 6. The molecule has 0 amide bonds. The zero-order valence-electron chi connectivity index (χ0n) is 43.7. The van der Waals surface area contributed by atoms with Crippen molar-refractivity contribution in [2.75, 3.05) is 9.80 Å². The van der Waals surface area contributed by atoms with Crippen LogP contribution >= 0.6 is 0 Å². The lowest BCUT2D eigenvalue weighted by Crippen LogP contribution is -2.37. The minimum absolute atomic E-state index is 0.854. The van der Waals surface area contributed by atoms with E-state index in [1.807, 2.05) is 12.1 Å². The van der Waals surface area contributed by atoms with Gasteiger partial charge in [-0.1, -0.05) is 220 Å². The highest BCUT2D eigenvalue weighted by molar-refractivity contribution is 6.89. The number of anilines is 6. The molecule has 0 spiro atoms. The molecule has 0 saturated carbocycles. The number of hydrogen-bond donors (Lipinski definition) is 0. The summed E-state index contributed by atoms with van der Waals surface area (Å²) in [6.07, 6.45) is 0. The summed E-state index contributed by atoms with van der Waals surface area (Å²) in [6, 6.07) is 84.8. The highest BCUT2D eigenvalue weighted by Crippen LogP contribution is 2.50. The highest BCUT2D eigenvalue weighted by atomic mass is 28.3. The van der Waals surface area contributed by atoms with Crippen LogP contribution in [0.4, 0.5) is 34.1 Å². The quantitative estimate of drug-likeness (QED) is 0.101. The molecular weight excluding hydrogens is 957 g/mol. The summed E-state index contributed by atoms with van der Waals surface area (Å²) in [7, 11) is -2.87. The first-order valence-corrected chi connectivity index (χ1v) is 33.5. The Bertz CT molecular complexity index is 4230. The lowest BCUT2D eigenvalue weighted by Gasteiger charge is -2.29. The number of hydrogen-bond acceptors (Lipinski definition) is 4. The average Bonchev–Trinajstić information content (AvgIpc) is 4.13. The molecule has 0 N–H and O–H groups in total. The summed E-state index contributed by atoms with van der Waals surface area (Å²) in [5.41, 5.74) is 14.5. The van der Waals surface area contributed by atoms with E-state index in [2.05, 4.69) is 267 Å². The lowest BCUT2D eigenvalue weighted by molar-refractivity contribution is 0.669. The van der Waals surface area contributed by atoms with Gasteiger partial charge in [-0.3, -0.25) is 0 Å². The Morgan fingerprint density at radius 3 is 1.00 bits per heavy atom. The van der Waals surface area contributed by atoms with Crippen LogP contribution in [-0.2, 0) is 0 Å². The molecule has 14 rings (SSSR count). The summed E-state index contributed by atoms with van der Waals surface area (Å²) >= 11 is 0. The van der Waals surface area contributed by atoms with Crippen molar-refractivity contribution in [1.29, 1.82) is 0 Å². The largest absolute Gasteiger partial charge is 0.454 e. The average molecular weight is 1010 g/mol. The first kappa shape index (κ1) is 45.9. The van der Waals surface area contributed by atoms with Crippen LogP contribution in [0, 0.1) is 0 Å². The van der Waals surface area contributed by atoms with Gasteiger partial charge in [-0.2, -0.15) is 0 Å². The van der Waals surface area contributed by atoms with Crippen LogP contribution in [0.15, 0.2) is 239 Å². The van der Waals surface area contributed by atoms with E-state index >= 15 is 0 Å². The van der Waals surface area contributed by atoms with E-state index in [1.165, 1.54) is 54.2 Å². The third-order valence-corrected chi connectivity index (χ3v) is 19.9. The van der Waals surface area contributed by atoms with Crippen LogP contribution < -0.4 is 20.2 Å². The van der Waals surface area contributed by atoms with Gasteiger partial charge < -0.3 is 18.6 Å². The minimum atomic E-state index is -1.43. The van der Waals surface area contributed by atoms with Crippen LogP contribution in [0.5, 0.6) is 0 Å². The highest BCUT2D eigenvalue weighted by Gasteiger charge is 2.26. The maximum atomic E-state index is 6.84. The molecule has 366 valence electrons. The fourth-order valence-corrected chi connectivity index (χ4v) is 14.1.